The normalized spacial score (nSPS) is 23.6. The molecule has 0 amide bonds. The van der Waals surface area contributed by atoms with E-state index in [1.807, 2.05) is 26.1 Å². The highest BCUT2D eigenvalue weighted by molar-refractivity contribution is 5.78. The van der Waals surface area contributed by atoms with Crippen LogP contribution in [-0.4, -0.2) is 53.3 Å². The van der Waals surface area contributed by atoms with Gasteiger partial charge in [-0.3, -0.25) is 10.00 Å². The minimum Gasteiger partial charge on any atom is -0.491 e. The van der Waals surface area contributed by atoms with Crippen LogP contribution in [0.25, 0.3) is 10.9 Å². The summed E-state index contributed by atoms with van der Waals surface area (Å²) in [5.74, 6) is 1.08. The van der Waals surface area contributed by atoms with Gasteiger partial charge in [-0.2, -0.15) is 5.10 Å². The predicted octanol–water partition coefficient (Wildman–Crippen LogP) is 4.55. The third-order valence-corrected chi connectivity index (χ3v) is 6.44. The predicted molar refractivity (Wildman–Crippen MR) is 125 cm³/mol. The molecule has 1 aromatic heterocycles. The smallest absolute Gasteiger partial charge is 0.163 e. The number of fused-ring (bicyclic) bond motifs is 1. The van der Waals surface area contributed by atoms with Crippen molar-refractivity contribution in [3.8, 4) is 5.75 Å². The Morgan fingerprint density at radius 3 is 3.00 bits per heavy atom. The van der Waals surface area contributed by atoms with Crippen molar-refractivity contribution in [3.05, 3.63) is 59.8 Å². The van der Waals surface area contributed by atoms with Crippen molar-refractivity contribution in [1.82, 2.24) is 15.1 Å². The molecule has 1 unspecified atom stereocenters. The summed E-state index contributed by atoms with van der Waals surface area (Å²) in [6.45, 7) is 8.23. The molecule has 2 aliphatic heterocycles. The van der Waals surface area contributed by atoms with Crippen LogP contribution in [0.1, 0.15) is 37.8 Å². The van der Waals surface area contributed by atoms with Gasteiger partial charge in [-0.05, 0) is 81.0 Å². The number of aromatic nitrogens is 2. The molecular formula is C26H33N3O3. The van der Waals surface area contributed by atoms with E-state index in [1.54, 1.807) is 0 Å². The van der Waals surface area contributed by atoms with Gasteiger partial charge in [-0.15, -0.1) is 0 Å². The van der Waals surface area contributed by atoms with Crippen LogP contribution in [0, 0.1) is 5.92 Å². The molecule has 3 aromatic rings. The molecule has 5 rings (SSSR count). The van der Waals surface area contributed by atoms with Crippen molar-refractivity contribution in [2.24, 2.45) is 5.92 Å². The standard InChI is InChI=1S/C26H33N3O3/c1-26(2)31-18-24(32-26)17-30-23-7-3-5-21(13-23)16-29-10-4-6-20(15-29)11-19-8-9-25-22(12-19)14-27-28-25/h3,5,7-9,12-14,20,24H,4,6,10-11,15-18H2,1-2H3,(H,27,28)/t20-,24?/m1/s1. The van der Waals surface area contributed by atoms with Gasteiger partial charge < -0.3 is 14.2 Å². The van der Waals surface area contributed by atoms with Crippen molar-refractivity contribution in [2.75, 3.05) is 26.3 Å². The summed E-state index contributed by atoms with van der Waals surface area (Å²) in [6.07, 6.45) is 5.57. The maximum absolute atomic E-state index is 6.01. The van der Waals surface area contributed by atoms with E-state index in [9.17, 15) is 0 Å². The Morgan fingerprint density at radius 1 is 1.19 bits per heavy atom. The second-order valence-electron chi connectivity index (χ2n) is 9.65. The molecule has 0 aliphatic carbocycles. The van der Waals surface area contributed by atoms with Gasteiger partial charge in [0.1, 0.15) is 18.5 Å². The lowest BCUT2D eigenvalue weighted by Crippen LogP contribution is -2.35. The first-order valence-corrected chi connectivity index (χ1v) is 11.7. The van der Waals surface area contributed by atoms with Gasteiger partial charge in [0.2, 0.25) is 0 Å². The fraction of sp³-hybridized carbons (Fsp3) is 0.500. The Balaban J connectivity index is 1.14. The first-order valence-electron chi connectivity index (χ1n) is 11.7. The number of likely N-dealkylation sites (tertiary alicyclic amines) is 1. The molecular weight excluding hydrogens is 402 g/mol. The number of piperidine rings is 1. The zero-order valence-corrected chi connectivity index (χ0v) is 19.0. The van der Waals surface area contributed by atoms with Crippen LogP contribution in [0.3, 0.4) is 0 Å². The Bertz CT molecular complexity index is 1050. The molecule has 0 radical (unpaired) electrons. The highest BCUT2D eigenvalue weighted by Gasteiger charge is 2.33. The third kappa shape index (κ3) is 5.31. The summed E-state index contributed by atoms with van der Waals surface area (Å²) in [7, 11) is 0. The SMILES string of the molecule is CC1(C)OCC(COc2cccc(CN3CCC[C@H](Cc4ccc5[nH]ncc5c4)C3)c2)O1. The van der Waals surface area contributed by atoms with Crippen LogP contribution in [0.2, 0.25) is 0 Å². The van der Waals surface area contributed by atoms with Crippen molar-refractivity contribution < 1.29 is 14.2 Å². The molecule has 6 heteroatoms. The van der Waals surface area contributed by atoms with E-state index in [4.69, 9.17) is 14.2 Å². The number of rotatable bonds is 7. The molecule has 3 heterocycles. The lowest BCUT2D eigenvalue weighted by atomic mass is 9.90. The molecule has 2 aliphatic rings. The number of hydrogen-bond donors (Lipinski definition) is 1. The van der Waals surface area contributed by atoms with Gasteiger partial charge in [0.05, 0.1) is 18.3 Å². The zero-order valence-electron chi connectivity index (χ0n) is 19.0. The second-order valence-corrected chi connectivity index (χ2v) is 9.65. The van der Waals surface area contributed by atoms with Gasteiger partial charge in [0.15, 0.2) is 5.79 Å². The Kier molecular flexibility index (Phi) is 6.17. The van der Waals surface area contributed by atoms with E-state index in [-0.39, 0.29) is 6.10 Å². The number of benzene rings is 2. The van der Waals surface area contributed by atoms with Gasteiger partial charge in [0.25, 0.3) is 0 Å². The van der Waals surface area contributed by atoms with E-state index in [1.165, 1.54) is 29.4 Å². The maximum Gasteiger partial charge on any atom is 0.163 e. The van der Waals surface area contributed by atoms with Crippen LogP contribution >= 0.6 is 0 Å². The summed E-state index contributed by atoms with van der Waals surface area (Å²) in [4.78, 5) is 2.58. The van der Waals surface area contributed by atoms with E-state index in [2.05, 4.69) is 51.5 Å². The average molecular weight is 436 g/mol. The number of hydrogen-bond acceptors (Lipinski definition) is 5. The molecule has 6 nitrogen and oxygen atoms in total. The highest BCUT2D eigenvalue weighted by Crippen LogP contribution is 2.26. The third-order valence-electron chi connectivity index (χ3n) is 6.44. The first-order chi connectivity index (χ1) is 15.5. The lowest BCUT2D eigenvalue weighted by molar-refractivity contribution is -0.141. The quantitative estimate of drug-likeness (QED) is 0.590. The molecule has 1 N–H and O–H groups in total. The molecule has 170 valence electrons. The van der Waals surface area contributed by atoms with Crippen molar-refractivity contribution in [2.45, 2.75) is 51.5 Å². The topological polar surface area (TPSA) is 59.6 Å². The van der Waals surface area contributed by atoms with Crippen molar-refractivity contribution in [1.29, 1.82) is 0 Å². The van der Waals surface area contributed by atoms with Crippen LogP contribution in [0.5, 0.6) is 5.75 Å². The number of H-pyrrole nitrogens is 1. The van der Waals surface area contributed by atoms with Crippen molar-refractivity contribution >= 4 is 10.9 Å². The Hall–Kier alpha value is -2.41. The van der Waals surface area contributed by atoms with E-state index < -0.39 is 5.79 Å². The average Bonchev–Trinajstić information content (AvgIpc) is 3.38. The monoisotopic (exact) mass is 435 g/mol. The molecule has 2 atom stereocenters. The second kappa shape index (κ2) is 9.22. The molecule has 2 saturated heterocycles. The van der Waals surface area contributed by atoms with Gasteiger partial charge in [-0.25, -0.2) is 0 Å². The molecule has 32 heavy (non-hydrogen) atoms. The number of aromatic amines is 1. The zero-order chi connectivity index (χ0) is 22.0. The van der Waals surface area contributed by atoms with Crippen molar-refractivity contribution in [3.63, 3.8) is 0 Å². The van der Waals surface area contributed by atoms with E-state index in [0.29, 0.717) is 19.1 Å². The molecule has 2 aromatic carbocycles. The minimum atomic E-state index is -0.509. The minimum absolute atomic E-state index is 0.0159. The Labute approximate surface area is 189 Å². The van der Waals surface area contributed by atoms with Crippen LogP contribution in [0.15, 0.2) is 48.7 Å². The molecule has 0 spiro atoms. The summed E-state index contributed by atoms with van der Waals surface area (Å²) in [5, 5.41) is 8.38. The molecule has 0 saturated carbocycles. The number of nitrogens with zero attached hydrogens (tertiary/aromatic N) is 2. The van der Waals surface area contributed by atoms with Gasteiger partial charge in [-0.1, -0.05) is 18.2 Å². The highest BCUT2D eigenvalue weighted by atomic mass is 16.7. The van der Waals surface area contributed by atoms with E-state index >= 15 is 0 Å². The maximum atomic E-state index is 6.01. The van der Waals surface area contributed by atoms with Gasteiger partial charge in [0, 0.05) is 18.5 Å². The fourth-order valence-corrected chi connectivity index (χ4v) is 4.94. The first kappa shape index (κ1) is 21.4. The summed E-state index contributed by atoms with van der Waals surface area (Å²) < 4.78 is 17.5. The van der Waals surface area contributed by atoms with Crippen LogP contribution in [-0.2, 0) is 22.4 Å². The van der Waals surface area contributed by atoms with Gasteiger partial charge >= 0.3 is 0 Å². The lowest BCUT2D eigenvalue weighted by Gasteiger charge is -2.33. The molecule has 0 bridgehead atoms. The molecule has 2 fully saturated rings. The van der Waals surface area contributed by atoms with Crippen LogP contribution in [0.4, 0.5) is 0 Å². The largest absolute Gasteiger partial charge is 0.491 e. The number of nitrogens with one attached hydrogen (secondary N) is 1. The number of ether oxygens (including phenoxy) is 3. The van der Waals surface area contributed by atoms with Crippen LogP contribution < -0.4 is 4.74 Å². The van der Waals surface area contributed by atoms with E-state index in [0.717, 1.165) is 37.3 Å². The summed E-state index contributed by atoms with van der Waals surface area (Å²) >= 11 is 0. The fourth-order valence-electron chi connectivity index (χ4n) is 4.94. The summed E-state index contributed by atoms with van der Waals surface area (Å²) in [5.41, 5.74) is 3.81. The summed E-state index contributed by atoms with van der Waals surface area (Å²) in [6, 6.07) is 15.1. The Morgan fingerprint density at radius 2 is 2.12 bits per heavy atom.